The molecule has 0 aliphatic carbocycles. The molecule has 16 heavy (non-hydrogen) atoms. The van der Waals surface area contributed by atoms with E-state index in [9.17, 15) is 0 Å². The number of imidazole rings is 1. The average molecular weight is 268 g/mol. The highest BCUT2D eigenvalue weighted by atomic mass is 35.5. The van der Waals surface area contributed by atoms with E-state index in [0.29, 0.717) is 5.02 Å². The number of hydrogen-bond acceptors (Lipinski definition) is 3. The van der Waals surface area contributed by atoms with E-state index < -0.39 is 0 Å². The lowest BCUT2D eigenvalue weighted by Crippen LogP contribution is -1.85. The quantitative estimate of drug-likeness (QED) is 0.681. The maximum Gasteiger partial charge on any atom is 0.159 e. The monoisotopic (exact) mass is 267 g/mol. The van der Waals surface area contributed by atoms with E-state index in [1.54, 1.807) is 0 Å². The predicted octanol–water partition coefficient (Wildman–Crippen LogP) is 3.77. The lowest BCUT2D eigenvalue weighted by atomic mass is 10.4. The van der Waals surface area contributed by atoms with Gasteiger partial charge in [0.25, 0.3) is 0 Å². The molecule has 0 spiro atoms. The molecule has 0 bridgehead atoms. The van der Waals surface area contributed by atoms with E-state index in [-0.39, 0.29) is 0 Å². The zero-order valence-electron chi connectivity index (χ0n) is 7.98. The molecule has 3 aromatic rings. The van der Waals surface area contributed by atoms with Crippen molar-refractivity contribution in [1.29, 1.82) is 0 Å². The number of nitrogens with zero attached hydrogens (tertiary/aromatic N) is 2. The SMILES string of the molecule is S=c1[nH]cc(-c2cnc3ccc(Cl)cn23)s1. The number of pyridine rings is 1. The van der Waals surface area contributed by atoms with E-state index >= 15 is 0 Å². The lowest BCUT2D eigenvalue weighted by molar-refractivity contribution is 1.19. The number of hydrogen-bond donors (Lipinski definition) is 1. The van der Waals surface area contributed by atoms with Crippen molar-refractivity contribution in [3.63, 3.8) is 0 Å². The maximum absolute atomic E-state index is 5.97. The second-order valence-corrected chi connectivity index (χ2v) is 5.42. The van der Waals surface area contributed by atoms with Crippen LogP contribution in [0.4, 0.5) is 0 Å². The average Bonchev–Trinajstić information content (AvgIpc) is 2.83. The Balaban J connectivity index is 2.31. The van der Waals surface area contributed by atoms with Crippen LogP contribution in [-0.4, -0.2) is 14.4 Å². The number of aromatic nitrogens is 3. The Hall–Kier alpha value is -1.17. The van der Waals surface area contributed by atoms with Crippen molar-refractivity contribution in [3.05, 3.63) is 39.7 Å². The fourth-order valence-electron chi connectivity index (χ4n) is 1.55. The van der Waals surface area contributed by atoms with Crippen LogP contribution in [0.1, 0.15) is 0 Å². The third-order valence-electron chi connectivity index (χ3n) is 2.25. The molecule has 0 saturated heterocycles. The van der Waals surface area contributed by atoms with Gasteiger partial charge in [-0.15, -0.1) is 11.3 Å². The standard InChI is InChI=1S/C10H6ClN3S2/c11-6-1-2-9-12-3-7(14(9)5-6)8-4-13-10(15)16-8/h1-5H,(H,13,15). The third-order valence-corrected chi connectivity index (χ3v) is 3.69. The molecule has 0 saturated carbocycles. The van der Waals surface area contributed by atoms with Crippen molar-refractivity contribution in [3.8, 4) is 10.6 Å². The summed E-state index contributed by atoms with van der Waals surface area (Å²) in [6.07, 6.45) is 5.56. The van der Waals surface area contributed by atoms with Gasteiger partial charge in [0.15, 0.2) is 3.95 Å². The number of aromatic amines is 1. The van der Waals surface area contributed by atoms with Gasteiger partial charge in [0, 0.05) is 12.4 Å². The molecule has 0 fully saturated rings. The molecule has 0 amide bonds. The Morgan fingerprint density at radius 3 is 3.06 bits per heavy atom. The van der Waals surface area contributed by atoms with E-state index in [0.717, 1.165) is 20.2 Å². The van der Waals surface area contributed by atoms with Crippen LogP contribution in [-0.2, 0) is 0 Å². The lowest BCUT2D eigenvalue weighted by Gasteiger charge is -1.98. The summed E-state index contributed by atoms with van der Waals surface area (Å²) < 4.78 is 2.71. The summed E-state index contributed by atoms with van der Waals surface area (Å²) in [6.45, 7) is 0. The van der Waals surface area contributed by atoms with Crippen LogP contribution in [0.2, 0.25) is 5.02 Å². The Bertz CT molecular complexity index is 710. The molecule has 3 aromatic heterocycles. The van der Waals surface area contributed by atoms with E-state index in [2.05, 4.69) is 9.97 Å². The second-order valence-electron chi connectivity index (χ2n) is 3.26. The summed E-state index contributed by atoms with van der Waals surface area (Å²) >= 11 is 12.6. The van der Waals surface area contributed by atoms with Crippen LogP contribution in [0.15, 0.2) is 30.7 Å². The highest BCUT2D eigenvalue weighted by molar-refractivity contribution is 7.73. The molecule has 0 radical (unpaired) electrons. The van der Waals surface area contributed by atoms with Crippen molar-refractivity contribution in [1.82, 2.24) is 14.4 Å². The molecule has 3 heterocycles. The maximum atomic E-state index is 5.97. The van der Waals surface area contributed by atoms with Crippen molar-refractivity contribution in [2.24, 2.45) is 0 Å². The second kappa shape index (κ2) is 3.69. The fourth-order valence-corrected chi connectivity index (χ4v) is 2.73. The third kappa shape index (κ3) is 1.57. The van der Waals surface area contributed by atoms with Gasteiger partial charge in [-0.3, -0.25) is 4.40 Å². The van der Waals surface area contributed by atoms with Crippen LogP contribution in [0.25, 0.3) is 16.2 Å². The van der Waals surface area contributed by atoms with E-state index in [4.69, 9.17) is 23.8 Å². The van der Waals surface area contributed by atoms with Crippen molar-refractivity contribution in [2.45, 2.75) is 0 Å². The number of nitrogens with one attached hydrogen (secondary N) is 1. The normalized spacial score (nSPS) is 11.1. The van der Waals surface area contributed by atoms with Gasteiger partial charge < -0.3 is 4.98 Å². The first-order chi connectivity index (χ1) is 7.74. The molecule has 0 aromatic carbocycles. The number of rotatable bonds is 1. The molecule has 3 nitrogen and oxygen atoms in total. The molecular weight excluding hydrogens is 262 g/mol. The van der Waals surface area contributed by atoms with Gasteiger partial charge in [-0.05, 0) is 24.4 Å². The summed E-state index contributed by atoms with van der Waals surface area (Å²) in [7, 11) is 0. The molecule has 6 heteroatoms. The Kier molecular flexibility index (Phi) is 2.31. The van der Waals surface area contributed by atoms with Gasteiger partial charge in [0.1, 0.15) is 5.65 Å². The zero-order valence-corrected chi connectivity index (χ0v) is 10.4. The van der Waals surface area contributed by atoms with Gasteiger partial charge in [-0.25, -0.2) is 4.98 Å². The summed E-state index contributed by atoms with van der Waals surface area (Å²) in [5, 5.41) is 0.686. The first-order valence-corrected chi connectivity index (χ1v) is 6.16. The highest BCUT2D eigenvalue weighted by Gasteiger charge is 2.07. The van der Waals surface area contributed by atoms with Crippen LogP contribution < -0.4 is 0 Å². The van der Waals surface area contributed by atoms with Gasteiger partial charge in [-0.1, -0.05) is 11.6 Å². The minimum absolute atomic E-state index is 0.686. The van der Waals surface area contributed by atoms with Crippen molar-refractivity contribution in [2.75, 3.05) is 0 Å². The number of H-pyrrole nitrogens is 1. The summed E-state index contributed by atoms with van der Waals surface area (Å²) in [4.78, 5) is 8.36. The van der Waals surface area contributed by atoms with Gasteiger partial charge >= 0.3 is 0 Å². The molecule has 0 unspecified atom stereocenters. The molecule has 0 aliphatic heterocycles. The first kappa shape index (κ1) is 10.0. The predicted molar refractivity (Wildman–Crippen MR) is 68.7 cm³/mol. The van der Waals surface area contributed by atoms with Crippen molar-refractivity contribution >= 4 is 40.8 Å². The number of fused-ring (bicyclic) bond motifs is 1. The van der Waals surface area contributed by atoms with Gasteiger partial charge in [-0.2, -0.15) is 0 Å². The van der Waals surface area contributed by atoms with E-state index in [1.807, 2.05) is 35.1 Å². The van der Waals surface area contributed by atoms with Crippen LogP contribution in [0.5, 0.6) is 0 Å². The zero-order chi connectivity index (χ0) is 11.1. The van der Waals surface area contributed by atoms with Crippen molar-refractivity contribution < 1.29 is 0 Å². The van der Waals surface area contributed by atoms with E-state index in [1.165, 1.54) is 11.3 Å². The largest absolute Gasteiger partial charge is 0.343 e. The van der Waals surface area contributed by atoms with Crippen LogP contribution in [0.3, 0.4) is 0 Å². The molecule has 1 N–H and O–H groups in total. The highest BCUT2D eigenvalue weighted by Crippen LogP contribution is 2.26. The first-order valence-electron chi connectivity index (χ1n) is 4.55. The number of halogens is 1. The molecular formula is C10H6ClN3S2. The summed E-state index contributed by atoms with van der Waals surface area (Å²) in [6, 6.07) is 3.71. The van der Waals surface area contributed by atoms with Crippen LogP contribution >= 0.6 is 35.2 Å². The van der Waals surface area contributed by atoms with Gasteiger partial charge in [0.05, 0.1) is 21.8 Å². The minimum atomic E-state index is 0.686. The molecule has 80 valence electrons. The summed E-state index contributed by atoms with van der Waals surface area (Å²) in [5.74, 6) is 0. The molecule has 0 aliphatic rings. The Morgan fingerprint density at radius 1 is 1.44 bits per heavy atom. The van der Waals surface area contributed by atoms with Gasteiger partial charge in [0.2, 0.25) is 0 Å². The minimum Gasteiger partial charge on any atom is -0.343 e. The van der Waals surface area contributed by atoms with Crippen LogP contribution in [0, 0.1) is 3.95 Å². The fraction of sp³-hybridized carbons (Fsp3) is 0. The molecule has 0 atom stereocenters. The smallest absolute Gasteiger partial charge is 0.159 e. The number of thiazole rings is 1. The summed E-state index contributed by atoms with van der Waals surface area (Å²) in [5.41, 5.74) is 1.87. The Morgan fingerprint density at radius 2 is 2.31 bits per heavy atom. The molecule has 3 rings (SSSR count). The Labute approximate surface area is 105 Å². The topological polar surface area (TPSA) is 33.1 Å².